The molecule has 0 saturated carbocycles. The lowest BCUT2D eigenvalue weighted by atomic mass is 10.1. The molecule has 30 heavy (non-hydrogen) atoms. The predicted octanol–water partition coefficient (Wildman–Crippen LogP) is 4.37. The molecule has 1 aliphatic rings. The maximum atomic E-state index is 13.9. The first-order valence-corrected chi connectivity index (χ1v) is 10.6. The minimum Gasteiger partial charge on any atom is -0.387 e. The van der Waals surface area contributed by atoms with Gasteiger partial charge in [0.15, 0.2) is 11.0 Å². The number of hydrogen-bond acceptors (Lipinski definition) is 5. The van der Waals surface area contributed by atoms with Crippen LogP contribution in [0.2, 0.25) is 0 Å². The van der Waals surface area contributed by atoms with Crippen LogP contribution in [0.3, 0.4) is 0 Å². The van der Waals surface area contributed by atoms with Gasteiger partial charge in [0.2, 0.25) is 0 Å². The topological polar surface area (TPSA) is 60.2 Å². The van der Waals surface area contributed by atoms with Gasteiger partial charge < -0.3 is 9.84 Å². The molecule has 158 valence electrons. The van der Waals surface area contributed by atoms with Crippen LogP contribution in [0, 0.1) is 17.5 Å². The smallest absolute Gasteiger partial charge is 0.191 e. The largest absolute Gasteiger partial charge is 0.387 e. The summed E-state index contributed by atoms with van der Waals surface area (Å²) in [6.07, 6.45) is 0.507. The van der Waals surface area contributed by atoms with Crippen molar-refractivity contribution in [3.05, 3.63) is 65.5 Å². The second-order valence-electron chi connectivity index (χ2n) is 7.02. The number of ether oxygens (including phenoxy) is 1. The van der Waals surface area contributed by atoms with E-state index in [0.717, 1.165) is 36.7 Å². The zero-order valence-electron chi connectivity index (χ0n) is 16.0. The first kappa shape index (κ1) is 20.9. The number of hydrogen-bond donors (Lipinski definition) is 1. The van der Waals surface area contributed by atoms with E-state index in [0.29, 0.717) is 29.7 Å². The van der Waals surface area contributed by atoms with E-state index in [1.165, 1.54) is 18.2 Å². The van der Waals surface area contributed by atoms with Crippen molar-refractivity contribution in [1.29, 1.82) is 0 Å². The summed E-state index contributed by atoms with van der Waals surface area (Å²) in [4.78, 5) is 0. The fraction of sp³-hybridized carbons (Fsp3) is 0.333. The Hall–Kier alpha value is -2.36. The lowest BCUT2D eigenvalue weighted by Crippen LogP contribution is -2.17. The zero-order valence-corrected chi connectivity index (χ0v) is 16.8. The van der Waals surface area contributed by atoms with Gasteiger partial charge in [-0.25, -0.2) is 13.2 Å². The highest BCUT2D eigenvalue weighted by atomic mass is 32.2. The molecule has 0 radical (unpaired) electrons. The molecule has 0 bridgehead atoms. The quantitative estimate of drug-likeness (QED) is 0.559. The Labute approximate surface area is 175 Å². The summed E-state index contributed by atoms with van der Waals surface area (Å²) in [5.74, 6) is -1.41. The van der Waals surface area contributed by atoms with Gasteiger partial charge in [-0.2, -0.15) is 0 Å². The summed E-state index contributed by atoms with van der Waals surface area (Å²) in [6.45, 7) is 1.18. The molecular formula is C21H20F3N3O2S. The SMILES string of the molecule is OC(CSc1nnc(-c2ccc(F)cc2)n1CC1CCCO1)c1c(F)cccc1F. The molecular weight excluding hydrogens is 415 g/mol. The molecule has 4 rings (SSSR count). The molecule has 0 spiro atoms. The molecule has 2 aromatic carbocycles. The lowest BCUT2D eigenvalue weighted by Gasteiger charge is -2.16. The normalized spacial score (nSPS) is 17.4. The van der Waals surface area contributed by atoms with E-state index in [2.05, 4.69) is 10.2 Å². The molecule has 1 N–H and O–H groups in total. The summed E-state index contributed by atoms with van der Waals surface area (Å²) in [5.41, 5.74) is 0.323. The maximum absolute atomic E-state index is 13.9. The average Bonchev–Trinajstić information content (AvgIpc) is 3.37. The minimum absolute atomic E-state index is 0.00603. The first-order chi connectivity index (χ1) is 14.5. The van der Waals surface area contributed by atoms with Crippen molar-refractivity contribution in [1.82, 2.24) is 14.8 Å². The summed E-state index contributed by atoms with van der Waals surface area (Å²) in [5, 5.41) is 19.3. The van der Waals surface area contributed by atoms with E-state index in [4.69, 9.17) is 4.74 Å². The summed E-state index contributed by atoms with van der Waals surface area (Å²) < 4.78 is 48.8. The number of nitrogens with zero attached hydrogens (tertiary/aromatic N) is 3. The monoisotopic (exact) mass is 435 g/mol. The Morgan fingerprint density at radius 2 is 1.83 bits per heavy atom. The van der Waals surface area contributed by atoms with Crippen LogP contribution < -0.4 is 0 Å². The number of aromatic nitrogens is 3. The van der Waals surface area contributed by atoms with E-state index >= 15 is 0 Å². The molecule has 1 aromatic heterocycles. The molecule has 5 nitrogen and oxygen atoms in total. The standard InChI is InChI=1S/C21H20F3N3O2S/c22-14-8-6-13(7-9-14)20-25-26-21(27(20)11-15-3-2-10-29-15)30-12-18(28)19-16(23)4-1-5-17(19)24/h1,4-9,15,18,28H,2-3,10-12H2. The average molecular weight is 435 g/mol. The third-order valence-corrected chi connectivity index (χ3v) is 5.98. The Morgan fingerprint density at radius 3 is 2.50 bits per heavy atom. The lowest BCUT2D eigenvalue weighted by molar-refractivity contribution is 0.0953. The van der Waals surface area contributed by atoms with Crippen LogP contribution in [-0.2, 0) is 11.3 Å². The first-order valence-electron chi connectivity index (χ1n) is 9.58. The van der Waals surface area contributed by atoms with Crippen LogP contribution in [-0.4, -0.2) is 38.3 Å². The summed E-state index contributed by atoms with van der Waals surface area (Å²) in [7, 11) is 0. The Morgan fingerprint density at radius 1 is 1.10 bits per heavy atom. The van der Waals surface area contributed by atoms with Gasteiger partial charge in [-0.1, -0.05) is 17.8 Å². The van der Waals surface area contributed by atoms with Gasteiger partial charge in [0.1, 0.15) is 17.5 Å². The minimum atomic E-state index is -1.35. The molecule has 2 unspecified atom stereocenters. The van der Waals surface area contributed by atoms with Crippen molar-refractivity contribution in [3.63, 3.8) is 0 Å². The van der Waals surface area contributed by atoms with Crippen LogP contribution in [0.15, 0.2) is 47.6 Å². The zero-order chi connectivity index (χ0) is 21.1. The van der Waals surface area contributed by atoms with Crippen LogP contribution in [0.4, 0.5) is 13.2 Å². The maximum Gasteiger partial charge on any atom is 0.191 e. The molecule has 1 aliphatic heterocycles. The van der Waals surface area contributed by atoms with Crippen LogP contribution >= 0.6 is 11.8 Å². The van der Waals surface area contributed by atoms with Crippen molar-refractivity contribution in [3.8, 4) is 11.4 Å². The van der Waals surface area contributed by atoms with Crippen molar-refractivity contribution >= 4 is 11.8 Å². The number of aliphatic hydroxyl groups is 1. The molecule has 1 saturated heterocycles. The highest BCUT2D eigenvalue weighted by Gasteiger charge is 2.24. The molecule has 9 heteroatoms. The van der Waals surface area contributed by atoms with E-state index in [-0.39, 0.29) is 23.2 Å². The Bertz CT molecular complexity index is 987. The van der Waals surface area contributed by atoms with Gasteiger partial charge in [-0.15, -0.1) is 10.2 Å². The van der Waals surface area contributed by atoms with Crippen LogP contribution in [0.5, 0.6) is 0 Å². The van der Waals surface area contributed by atoms with Crippen LogP contribution in [0.1, 0.15) is 24.5 Å². The second kappa shape index (κ2) is 9.20. The third kappa shape index (κ3) is 4.53. The number of rotatable bonds is 7. The molecule has 2 atom stereocenters. The molecule has 3 aromatic rings. The van der Waals surface area contributed by atoms with E-state index in [1.807, 2.05) is 4.57 Å². The second-order valence-corrected chi connectivity index (χ2v) is 8.01. The highest BCUT2D eigenvalue weighted by molar-refractivity contribution is 7.99. The van der Waals surface area contributed by atoms with E-state index in [9.17, 15) is 18.3 Å². The van der Waals surface area contributed by atoms with E-state index in [1.54, 1.807) is 12.1 Å². The number of benzene rings is 2. The molecule has 0 amide bonds. The molecule has 2 heterocycles. The van der Waals surface area contributed by atoms with Crippen molar-refractivity contribution in [2.45, 2.75) is 36.8 Å². The number of thioether (sulfide) groups is 1. The Kier molecular flexibility index (Phi) is 6.40. The van der Waals surface area contributed by atoms with Crippen LogP contribution in [0.25, 0.3) is 11.4 Å². The summed E-state index contributed by atoms with van der Waals surface area (Å²) in [6, 6.07) is 9.39. The fourth-order valence-electron chi connectivity index (χ4n) is 3.43. The van der Waals surface area contributed by atoms with E-state index < -0.39 is 17.7 Å². The summed E-state index contributed by atoms with van der Waals surface area (Å²) >= 11 is 1.15. The van der Waals surface area contributed by atoms with Gasteiger partial charge in [0.05, 0.1) is 24.3 Å². The molecule has 0 aliphatic carbocycles. The van der Waals surface area contributed by atoms with Crippen molar-refractivity contribution in [2.24, 2.45) is 0 Å². The van der Waals surface area contributed by atoms with Gasteiger partial charge in [0.25, 0.3) is 0 Å². The van der Waals surface area contributed by atoms with Gasteiger partial charge >= 0.3 is 0 Å². The predicted molar refractivity (Wildman–Crippen MR) is 106 cm³/mol. The van der Waals surface area contributed by atoms with Gasteiger partial charge in [-0.05, 0) is 49.2 Å². The third-order valence-electron chi connectivity index (χ3n) is 4.93. The highest BCUT2D eigenvalue weighted by Crippen LogP contribution is 2.30. The van der Waals surface area contributed by atoms with Crippen molar-refractivity contribution < 1.29 is 23.0 Å². The fourth-order valence-corrected chi connectivity index (χ4v) is 4.32. The number of halogens is 3. The molecule has 1 fully saturated rings. The van der Waals surface area contributed by atoms with Crippen molar-refractivity contribution in [2.75, 3.05) is 12.4 Å². The van der Waals surface area contributed by atoms with Gasteiger partial charge in [0, 0.05) is 17.9 Å². The van der Waals surface area contributed by atoms with Gasteiger partial charge in [-0.3, -0.25) is 4.57 Å². The number of aliphatic hydroxyl groups excluding tert-OH is 1. The Balaban J connectivity index is 1.58.